The first kappa shape index (κ1) is 24.2. The normalized spacial score (nSPS) is 17.5. The summed E-state index contributed by atoms with van der Waals surface area (Å²) in [6, 6.07) is 13.5. The van der Waals surface area contributed by atoms with Crippen molar-refractivity contribution in [2.75, 3.05) is 26.3 Å². The fraction of sp³-hybridized carbons (Fsp3) is 0.286. The van der Waals surface area contributed by atoms with E-state index in [1.165, 1.54) is 0 Å². The zero-order valence-corrected chi connectivity index (χ0v) is 21.7. The highest BCUT2D eigenvalue weighted by Crippen LogP contribution is 2.38. The van der Waals surface area contributed by atoms with E-state index in [0.717, 1.165) is 66.2 Å². The summed E-state index contributed by atoms with van der Waals surface area (Å²) in [5.74, 6) is 0.550. The number of pyridine rings is 1. The summed E-state index contributed by atoms with van der Waals surface area (Å²) < 4.78 is 19.9. The van der Waals surface area contributed by atoms with Crippen molar-refractivity contribution < 1.29 is 18.7 Å². The van der Waals surface area contributed by atoms with E-state index in [1.54, 1.807) is 12.5 Å². The van der Waals surface area contributed by atoms with Crippen molar-refractivity contribution in [3.63, 3.8) is 0 Å². The van der Waals surface area contributed by atoms with E-state index >= 15 is 0 Å². The van der Waals surface area contributed by atoms with E-state index in [4.69, 9.17) is 37.7 Å². The summed E-state index contributed by atoms with van der Waals surface area (Å²) >= 11 is 11.9. The molecular formula is C28H26ClN3O4S. The number of hydrogen-bond donors (Lipinski definition) is 1. The second-order valence-electron chi connectivity index (χ2n) is 9.38. The van der Waals surface area contributed by atoms with Crippen LogP contribution in [0.15, 0.2) is 65.6 Å². The molecule has 2 aromatic heterocycles. The molecule has 1 atom stereocenters. The van der Waals surface area contributed by atoms with Crippen LogP contribution in [-0.2, 0) is 24.4 Å². The number of hydrogen-bond acceptors (Lipinski definition) is 6. The van der Waals surface area contributed by atoms with Crippen molar-refractivity contribution in [1.82, 2.24) is 14.8 Å². The van der Waals surface area contributed by atoms with E-state index < -0.39 is 0 Å². The van der Waals surface area contributed by atoms with E-state index in [1.807, 2.05) is 36.5 Å². The lowest BCUT2D eigenvalue weighted by atomic mass is 10.0. The van der Waals surface area contributed by atoms with Gasteiger partial charge >= 0.3 is 0 Å². The number of rotatable bonds is 6. The Kier molecular flexibility index (Phi) is 6.73. The molecule has 2 aromatic carbocycles. The van der Waals surface area contributed by atoms with Gasteiger partial charge < -0.3 is 23.8 Å². The molecule has 1 saturated heterocycles. The number of morpholine rings is 1. The number of benzene rings is 2. The number of aromatic nitrogens is 1. The summed E-state index contributed by atoms with van der Waals surface area (Å²) in [5, 5.41) is 4.52. The number of amides is 1. The molecule has 2 aliphatic heterocycles. The minimum atomic E-state index is -0.237. The molecule has 190 valence electrons. The van der Waals surface area contributed by atoms with Crippen molar-refractivity contribution in [3.8, 4) is 5.75 Å². The molecule has 37 heavy (non-hydrogen) atoms. The molecule has 0 spiro atoms. The maximum Gasteiger partial charge on any atom is 0.254 e. The van der Waals surface area contributed by atoms with Gasteiger partial charge in [-0.3, -0.25) is 9.69 Å². The Bertz CT molecular complexity index is 1490. The highest BCUT2D eigenvalue weighted by atomic mass is 35.5. The largest absolute Gasteiger partial charge is 0.482 e. The number of nitrogens with zero attached hydrogens (tertiary/aromatic N) is 2. The average molecular weight is 536 g/mol. The monoisotopic (exact) mass is 535 g/mol. The van der Waals surface area contributed by atoms with Gasteiger partial charge in [-0.2, -0.15) is 0 Å². The Morgan fingerprint density at radius 2 is 1.92 bits per heavy atom. The van der Waals surface area contributed by atoms with Gasteiger partial charge in [0.2, 0.25) is 0 Å². The second-order valence-corrected chi connectivity index (χ2v) is 10.2. The lowest BCUT2D eigenvalue weighted by Gasteiger charge is -2.30. The summed E-state index contributed by atoms with van der Waals surface area (Å²) in [7, 11) is 0. The van der Waals surface area contributed by atoms with Crippen molar-refractivity contribution in [3.05, 3.63) is 93.0 Å². The van der Waals surface area contributed by atoms with Gasteiger partial charge in [-0.1, -0.05) is 36.0 Å². The predicted molar refractivity (Wildman–Crippen MR) is 144 cm³/mol. The van der Waals surface area contributed by atoms with Gasteiger partial charge in [0.15, 0.2) is 0 Å². The van der Waals surface area contributed by atoms with Gasteiger partial charge in [-0.15, -0.1) is 0 Å². The smallest absolute Gasteiger partial charge is 0.254 e. The molecule has 2 aliphatic rings. The molecule has 4 heterocycles. The first-order valence-corrected chi connectivity index (χ1v) is 13.1. The van der Waals surface area contributed by atoms with Crippen molar-refractivity contribution in [2.24, 2.45) is 0 Å². The van der Waals surface area contributed by atoms with Gasteiger partial charge in [-0.25, -0.2) is 0 Å². The van der Waals surface area contributed by atoms with E-state index in [-0.39, 0.29) is 12.0 Å². The van der Waals surface area contributed by atoms with E-state index in [0.29, 0.717) is 28.2 Å². The molecule has 1 unspecified atom stereocenters. The molecule has 6 rings (SSSR count). The van der Waals surface area contributed by atoms with E-state index in [2.05, 4.69) is 26.9 Å². The predicted octanol–water partition coefficient (Wildman–Crippen LogP) is 5.51. The van der Waals surface area contributed by atoms with Crippen LogP contribution >= 0.6 is 23.8 Å². The third-order valence-corrected chi connectivity index (χ3v) is 7.56. The van der Waals surface area contributed by atoms with Crippen LogP contribution in [-0.4, -0.2) is 41.7 Å². The molecule has 0 radical (unpaired) electrons. The Morgan fingerprint density at radius 1 is 1.11 bits per heavy atom. The number of furan rings is 1. The molecule has 1 fully saturated rings. The standard InChI is InChI=1S/C28H26ClN3O4S/c29-21-3-1-18(2-4-21)13-30-28(33)23-15-32-16-25(20-5-8-35-17-20)36-24-12-19(11-22(26(24)32)27(23)37)14-31-6-9-34-10-7-31/h1-5,8,11-12,15,17,25H,6-7,9-10,13-14,16H2,(H,30,33). The number of carbonyl (C=O) groups excluding carboxylic acids is 1. The van der Waals surface area contributed by atoms with Gasteiger partial charge in [0.05, 0.1) is 47.9 Å². The Labute approximate surface area is 224 Å². The van der Waals surface area contributed by atoms with Crippen molar-refractivity contribution >= 4 is 40.6 Å². The van der Waals surface area contributed by atoms with Crippen molar-refractivity contribution in [1.29, 1.82) is 0 Å². The van der Waals surface area contributed by atoms with E-state index in [9.17, 15) is 4.79 Å². The minimum Gasteiger partial charge on any atom is -0.482 e. The fourth-order valence-corrected chi connectivity index (χ4v) is 5.37. The number of ether oxygens (including phenoxy) is 2. The molecule has 0 saturated carbocycles. The molecule has 0 aliphatic carbocycles. The average Bonchev–Trinajstić information content (AvgIpc) is 3.45. The summed E-state index contributed by atoms with van der Waals surface area (Å²) in [4.78, 5) is 15.7. The van der Waals surface area contributed by atoms with Gasteiger partial charge in [0.25, 0.3) is 5.91 Å². The van der Waals surface area contributed by atoms with Crippen molar-refractivity contribution in [2.45, 2.75) is 25.7 Å². The molecular weight excluding hydrogens is 510 g/mol. The summed E-state index contributed by atoms with van der Waals surface area (Å²) in [6.45, 7) is 4.88. The number of nitrogens with one attached hydrogen (secondary N) is 1. The van der Waals surface area contributed by atoms with Crippen LogP contribution in [0.25, 0.3) is 10.9 Å². The zero-order valence-electron chi connectivity index (χ0n) is 20.1. The third-order valence-electron chi connectivity index (χ3n) is 6.86. The summed E-state index contributed by atoms with van der Waals surface area (Å²) in [6.07, 6.45) is 4.96. The first-order valence-electron chi connectivity index (χ1n) is 12.3. The maximum absolute atomic E-state index is 13.3. The third kappa shape index (κ3) is 5.02. The van der Waals surface area contributed by atoms with Gasteiger partial charge in [-0.05, 0) is 41.5 Å². The van der Waals surface area contributed by atoms with Crippen LogP contribution in [0.4, 0.5) is 0 Å². The Morgan fingerprint density at radius 3 is 2.68 bits per heavy atom. The first-order chi connectivity index (χ1) is 18.0. The highest BCUT2D eigenvalue weighted by molar-refractivity contribution is 7.71. The van der Waals surface area contributed by atoms with Crippen LogP contribution in [0.3, 0.4) is 0 Å². The number of carbonyl (C=O) groups is 1. The Hall–Kier alpha value is -3.17. The fourth-order valence-electron chi connectivity index (χ4n) is 4.94. The topological polar surface area (TPSA) is 68.9 Å². The van der Waals surface area contributed by atoms with Crippen LogP contribution in [0, 0.1) is 4.51 Å². The van der Waals surface area contributed by atoms with Gasteiger partial charge in [0.1, 0.15) is 11.9 Å². The maximum atomic E-state index is 13.3. The highest BCUT2D eigenvalue weighted by Gasteiger charge is 2.27. The molecule has 1 amide bonds. The second kappa shape index (κ2) is 10.3. The van der Waals surface area contributed by atoms with Gasteiger partial charge in [0, 0.05) is 48.3 Å². The summed E-state index contributed by atoms with van der Waals surface area (Å²) in [5.41, 5.74) is 4.38. The minimum absolute atomic E-state index is 0.211. The lowest BCUT2D eigenvalue weighted by molar-refractivity contribution is 0.0341. The van der Waals surface area contributed by atoms with Crippen LogP contribution in [0.1, 0.15) is 33.2 Å². The molecule has 9 heteroatoms. The lowest BCUT2D eigenvalue weighted by Crippen LogP contribution is -2.35. The number of halogens is 1. The zero-order chi connectivity index (χ0) is 25.4. The SMILES string of the molecule is O=C(NCc1ccc(Cl)cc1)c1cn2c3c(cc(CN4CCOCC4)cc3c1=S)OC(c1ccoc1)C2. The molecule has 1 N–H and O–H groups in total. The molecule has 7 nitrogen and oxygen atoms in total. The molecule has 0 bridgehead atoms. The van der Waals surface area contributed by atoms with Crippen LogP contribution in [0.2, 0.25) is 5.02 Å². The Balaban J connectivity index is 1.38. The molecule has 4 aromatic rings. The quantitative estimate of drug-likeness (QED) is 0.328. The van der Waals surface area contributed by atoms with Crippen LogP contribution in [0.5, 0.6) is 5.75 Å². The van der Waals surface area contributed by atoms with Crippen LogP contribution < -0.4 is 10.1 Å².